The van der Waals surface area contributed by atoms with Crippen LogP contribution in [0.5, 0.6) is 0 Å². The second-order valence-electron chi connectivity index (χ2n) is 4.83. The van der Waals surface area contributed by atoms with Gasteiger partial charge in [-0.2, -0.15) is 0 Å². The van der Waals surface area contributed by atoms with Crippen LogP contribution in [0.15, 0.2) is 48.5 Å². The summed E-state index contributed by atoms with van der Waals surface area (Å²) in [6, 6.07) is 14.6. The van der Waals surface area contributed by atoms with Gasteiger partial charge in [0.25, 0.3) is 11.8 Å². The summed E-state index contributed by atoms with van der Waals surface area (Å²) < 4.78 is 0. The molecule has 2 rings (SSSR count). The molecule has 108 valence electrons. The highest BCUT2D eigenvalue weighted by Gasteiger charge is 2.06. The Labute approximate surface area is 124 Å². The summed E-state index contributed by atoms with van der Waals surface area (Å²) >= 11 is 0. The molecule has 2 N–H and O–H groups in total. The van der Waals surface area contributed by atoms with E-state index >= 15 is 0 Å². The minimum Gasteiger partial charge on any atom is -0.355 e. The van der Waals surface area contributed by atoms with Gasteiger partial charge in [0.15, 0.2) is 0 Å². The van der Waals surface area contributed by atoms with E-state index < -0.39 is 0 Å². The lowest BCUT2D eigenvalue weighted by atomic mass is 10.1. The zero-order valence-corrected chi connectivity index (χ0v) is 12.1. The van der Waals surface area contributed by atoms with Gasteiger partial charge in [-0.25, -0.2) is 0 Å². The quantitative estimate of drug-likeness (QED) is 0.904. The van der Waals surface area contributed by atoms with Gasteiger partial charge in [-0.3, -0.25) is 9.59 Å². The smallest absolute Gasteiger partial charge is 0.251 e. The van der Waals surface area contributed by atoms with Crippen molar-refractivity contribution in [2.75, 3.05) is 7.05 Å². The Morgan fingerprint density at radius 1 is 0.952 bits per heavy atom. The number of hydrogen-bond donors (Lipinski definition) is 2. The van der Waals surface area contributed by atoms with E-state index in [1.807, 2.05) is 25.1 Å². The van der Waals surface area contributed by atoms with Crippen molar-refractivity contribution in [1.29, 1.82) is 0 Å². The predicted octanol–water partition coefficient (Wildman–Crippen LogP) is 2.28. The Hall–Kier alpha value is -2.62. The summed E-state index contributed by atoms with van der Waals surface area (Å²) in [6.07, 6.45) is 0. The first-order valence-electron chi connectivity index (χ1n) is 6.76. The maximum atomic E-state index is 12.0. The highest BCUT2D eigenvalue weighted by atomic mass is 16.2. The normalized spacial score (nSPS) is 10.0. The molecule has 0 aliphatic rings. The van der Waals surface area contributed by atoms with Crippen LogP contribution in [0.2, 0.25) is 0 Å². The molecule has 0 saturated heterocycles. The first kappa shape index (κ1) is 14.8. The van der Waals surface area contributed by atoms with Gasteiger partial charge in [-0.15, -0.1) is 0 Å². The van der Waals surface area contributed by atoms with E-state index in [0.717, 1.165) is 11.1 Å². The SMILES string of the molecule is CNC(=O)c1cccc(CNC(=O)c2ccc(C)cc2)c1. The third kappa shape index (κ3) is 3.92. The number of amides is 2. The number of hydrogen-bond acceptors (Lipinski definition) is 2. The lowest BCUT2D eigenvalue weighted by Crippen LogP contribution is -2.23. The molecule has 0 saturated carbocycles. The standard InChI is InChI=1S/C17H18N2O2/c1-12-6-8-14(9-7-12)17(21)19-11-13-4-3-5-15(10-13)16(20)18-2/h3-10H,11H2,1-2H3,(H,18,20)(H,19,21). The summed E-state index contributed by atoms with van der Waals surface area (Å²) in [4.78, 5) is 23.6. The zero-order chi connectivity index (χ0) is 15.2. The fourth-order valence-electron chi connectivity index (χ4n) is 1.96. The van der Waals surface area contributed by atoms with Crippen LogP contribution in [-0.2, 0) is 6.54 Å². The van der Waals surface area contributed by atoms with Gasteiger partial charge < -0.3 is 10.6 Å². The first-order chi connectivity index (χ1) is 10.1. The lowest BCUT2D eigenvalue weighted by molar-refractivity contribution is 0.0948. The van der Waals surface area contributed by atoms with Crippen molar-refractivity contribution in [2.24, 2.45) is 0 Å². The molecular weight excluding hydrogens is 264 g/mol. The van der Waals surface area contributed by atoms with Gasteiger partial charge in [0.2, 0.25) is 0 Å². The number of carbonyl (C=O) groups is 2. The highest BCUT2D eigenvalue weighted by molar-refractivity contribution is 5.95. The van der Waals surface area contributed by atoms with Crippen molar-refractivity contribution in [3.63, 3.8) is 0 Å². The van der Waals surface area contributed by atoms with E-state index in [1.165, 1.54) is 0 Å². The number of carbonyl (C=O) groups excluding carboxylic acids is 2. The Bertz CT molecular complexity index is 648. The summed E-state index contributed by atoms with van der Waals surface area (Å²) in [7, 11) is 1.59. The molecule has 0 bridgehead atoms. The summed E-state index contributed by atoms with van der Waals surface area (Å²) in [5, 5.41) is 5.43. The molecule has 2 aromatic carbocycles. The fourth-order valence-corrected chi connectivity index (χ4v) is 1.96. The molecule has 4 heteroatoms. The molecule has 0 atom stereocenters. The minimum atomic E-state index is -0.137. The molecule has 0 heterocycles. The lowest BCUT2D eigenvalue weighted by Gasteiger charge is -2.07. The number of nitrogens with one attached hydrogen (secondary N) is 2. The minimum absolute atomic E-state index is 0.125. The van der Waals surface area contributed by atoms with Crippen molar-refractivity contribution in [3.05, 3.63) is 70.8 Å². The molecule has 21 heavy (non-hydrogen) atoms. The van der Waals surface area contributed by atoms with Crippen LogP contribution < -0.4 is 10.6 Å². The van der Waals surface area contributed by atoms with E-state index in [-0.39, 0.29) is 11.8 Å². The van der Waals surface area contributed by atoms with Crippen LogP contribution in [0.1, 0.15) is 31.8 Å². The molecule has 0 aliphatic carbocycles. The van der Waals surface area contributed by atoms with Crippen molar-refractivity contribution in [2.45, 2.75) is 13.5 Å². The Morgan fingerprint density at radius 2 is 1.67 bits per heavy atom. The highest BCUT2D eigenvalue weighted by Crippen LogP contribution is 2.07. The number of aryl methyl sites for hydroxylation is 1. The van der Waals surface area contributed by atoms with Gasteiger partial charge >= 0.3 is 0 Å². The van der Waals surface area contributed by atoms with Crippen LogP contribution in [0.25, 0.3) is 0 Å². The van der Waals surface area contributed by atoms with Gasteiger partial charge in [0.1, 0.15) is 0 Å². The molecule has 2 amide bonds. The van der Waals surface area contributed by atoms with E-state index in [2.05, 4.69) is 10.6 Å². The molecule has 0 aliphatic heterocycles. The summed E-state index contributed by atoms with van der Waals surface area (Å²) in [5.41, 5.74) is 3.21. The third-order valence-electron chi connectivity index (χ3n) is 3.18. The number of rotatable bonds is 4. The van der Waals surface area contributed by atoms with Crippen LogP contribution >= 0.6 is 0 Å². The molecule has 0 radical (unpaired) electrons. The van der Waals surface area contributed by atoms with E-state index in [9.17, 15) is 9.59 Å². The van der Waals surface area contributed by atoms with Crippen LogP contribution in [0.4, 0.5) is 0 Å². The Morgan fingerprint density at radius 3 is 2.33 bits per heavy atom. The van der Waals surface area contributed by atoms with Crippen molar-refractivity contribution >= 4 is 11.8 Å². The van der Waals surface area contributed by atoms with Gasteiger partial charge in [-0.1, -0.05) is 29.8 Å². The molecule has 0 spiro atoms. The van der Waals surface area contributed by atoms with Gasteiger partial charge in [0, 0.05) is 24.7 Å². The molecule has 4 nitrogen and oxygen atoms in total. The van der Waals surface area contributed by atoms with Crippen LogP contribution in [0.3, 0.4) is 0 Å². The summed E-state index contributed by atoms with van der Waals surface area (Å²) in [5.74, 6) is -0.262. The molecular formula is C17H18N2O2. The molecule has 0 fully saturated rings. The van der Waals surface area contributed by atoms with Gasteiger partial charge in [0.05, 0.1) is 0 Å². The van der Waals surface area contributed by atoms with Crippen molar-refractivity contribution in [3.8, 4) is 0 Å². The van der Waals surface area contributed by atoms with Crippen molar-refractivity contribution < 1.29 is 9.59 Å². The molecule has 0 aromatic heterocycles. The Balaban J connectivity index is 2.01. The first-order valence-corrected chi connectivity index (χ1v) is 6.76. The maximum Gasteiger partial charge on any atom is 0.251 e. The van der Waals surface area contributed by atoms with Crippen molar-refractivity contribution in [1.82, 2.24) is 10.6 Å². The number of benzene rings is 2. The second kappa shape index (κ2) is 6.70. The van der Waals surface area contributed by atoms with Gasteiger partial charge in [-0.05, 0) is 36.8 Å². The van der Waals surface area contributed by atoms with Crippen LogP contribution in [-0.4, -0.2) is 18.9 Å². The van der Waals surface area contributed by atoms with Crippen LogP contribution in [0, 0.1) is 6.92 Å². The largest absolute Gasteiger partial charge is 0.355 e. The second-order valence-corrected chi connectivity index (χ2v) is 4.83. The topological polar surface area (TPSA) is 58.2 Å². The zero-order valence-electron chi connectivity index (χ0n) is 12.1. The predicted molar refractivity (Wildman–Crippen MR) is 82.2 cm³/mol. The molecule has 0 unspecified atom stereocenters. The third-order valence-corrected chi connectivity index (χ3v) is 3.18. The summed E-state index contributed by atoms with van der Waals surface area (Å²) in [6.45, 7) is 2.36. The average Bonchev–Trinajstić information content (AvgIpc) is 2.52. The maximum absolute atomic E-state index is 12.0. The molecule has 2 aromatic rings. The van der Waals surface area contributed by atoms with E-state index in [0.29, 0.717) is 17.7 Å². The Kier molecular flexibility index (Phi) is 4.72. The van der Waals surface area contributed by atoms with E-state index in [4.69, 9.17) is 0 Å². The average molecular weight is 282 g/mol. The monoisotopic (exact) mass is 282 g/mol. The fraction of sp³-hybridized carbons (Fsp3) is 0.176. The van der Waals surface area contributed by atoms with E-state index in [1.54, 1.807) is 37.4 Å².